The zero-order chi connectivity index (χ0) is 69.1. The second-order valence-electron chi connectivity index (χ2n) is 24.4. The maximum absolute atomic E-state index is 13.5. The van der Waals surface area contributed by atoms with Crippen LogP contribution >= 0.6 is 0 Å². The summed E-state index contributed by atoms with van der Waals surface area (Å²) in [6, 6.07) is 32.3. The normalized spacial score (nSPS) is 14.2. The van der Waals surface area contributed by atoms with Crippen molar-refractivity contribution in [2.24, 2.45) is 17.7 Å². The van der Waals surface area contributed by atoms with Crippen molar-refractivity contribution in [3.63, 3.8) is 0 Å². The van der Waals surface area contributed by atoms with Crippen molar-refractivity contribution in [2.75, 3.05) is 13.1 Å². The van der Waals surface area contributed by atoms with Gasteiger partial charge in [-0.25, -0.2) is 19.0 Å². The molecule has 8 aromatic rings. The summed E-state index contributed by atoms with van der Waals surface area (Å²) in [6.45, 7) is 30.9. The van der Waals surface area contributed by atoms with Crippen molar-refractivity contribution in [3.8, 4) is 0 Å². The number of nitrogens with one attached hydrogen (secondary N) is 1. The average molecular weight is 1280 g/mol. The number of nitrogens with zero attached hydrogens (tertiary/aromatic N) is 8. The SMILES string of the molecule is CCn1nnc2c(C)c([C@H](c3ccc4c(c3)CN(C(=O)c3ccc(C)c(C)c3)CC4)[C@H](C)C(=O)ON)ccc21.CCn1nnc2c(C)c([C@H](c3ccc4c(c3)CN(C(=O)c3ccc(C)c(C)c3)CC4)[C@H](C)C(=O)ONC(=O)OC(C)(C)C)ccc21.O=CC(F)(F)F.[2H]CC. The summed E-state index contributed by atoms with van der Waals surface area (Å²) in [6.07, 6.45) is -5.03. The molecule has 0 bridgehead atoms. The van der Waals surface area contributed by atoms with Crippen molar-refractivity contribution in [3.05, 3.63) is 186 Å². The summed E-state index contributed by atoms with van der Waals surface area (Å²) >= 11 is 0. The second kappa shape index (κ2) is 30.4. The molecule has 93 heavy (non-hydrogen) atoms. The molecule has 10 rings (SSSR count). The summed E-state index contributed by atoms with van der Waals surface area (Å²) < 4.78 is 46.4. The van der Waals surface area contributed by atoms with Gasteiger partial charge in [0.05, 0.1) is 22.9 Å². The van der Waals surface area contributed by atoms with Crippen LogP contribution in [0.5, 0.6) is 0 Å². The van der Waals surface area contributed by atoms with E-state index in [1.807, 2.05) is 148 Å². The molecule has 22 heteroatoms. The number of hydrogen-bond donors (Lipinski definition) is 2. The van der Waals surface area contributed by atoms with Gasteiger partial charge in [-0.15, -0.1) is 15.7 Å². The van der Waals surface area contributed by atoms with Crippen LogP contribution in [-0.2, 0) is 67.8 Å². The zero-order valence-corrected chi connectivity index (χ0v) is 55.5. The van der Waals surface area contributed by atoms with Gasteiger partial charge in [0, 0.05) is 63.6 Å². The van der Waals surface area contributed by atoms with E-state index >= 15 is 0 Å². The first-order chi connectivity index (χ1) is 44.5. The topological polar surface area (TPSA) is 236 Å². The fourth-order valence-corrected chi connectivity index (χ4v) is 11.8. The third-order valence-electron chi connectivity index (χ3n) is 17.1. The van der Waals surface area contributed by atoms with Gasteiger partial charge in [-0.3, -0.25) is 19.2 Å². The molecule has 494 valence electrons. The fraction of sp³-hybridized carbons (Fsp3) is 0.408. The van der Waals surface area contributed by atoms with Gasteiger partial charge in [-0.2, -0.15) is 19.1 Å². The summed E-state index contributed by atoms with van der Waals surface area (Å²) in [7, 11) is 0. The van der Waals surface area contributed by atoms with Crippen molar-refractivity contribution in [2.45, 2.75) is 166 Å². The largest absolute Gasteiger partial charge is 0.446 e. The molecule has 6 aromatic carbocycles. The Labute approximate surface area is 542 Å². The van der Waals surface area contributed by atoms with Crippen LogP contribution in [0.1, 0.15) is 174 Å². The van der Waals surface area contributed by atoms with E-state index in [0.717, 1.165) is 103 Å². The van der Waals surface area contributed by atoms with E-state index < -0.39 is 53.8 Å². The molecule has 0 fully saturated rings. The van der Waals surface area contributed by atoms with Crippen molar-refractivity contribution in [1.29, 1.82) is 0 Å². The lowest BCUT2D eigenvalue weighted by Gasteiger charge is -2.31. The van der Waals surface area contributed by atoms with Crippen molar-refractivity contribution < 1.29 is 57.7 Å². The van der Waals surface area contributed by atoms with Crippen LogP contribution in [0.2, 0.25) is 0 Å². The Kier molecular flexibility index (Phi) is 22.8. The number of amides is 3. The van der Waals surface area contributed by atoms with Gasteiger partial charge < -0.3 is 24.2 Å². The first-order valence-electron chi connectivity index (χ1n) is 31.7. The number of aldehydes is 1. The van der Waals surface area contributed by atoms with E-state index in [2.05, 4.69) is 61.3 Å². The number of benzene rings is 6. The maximum Gasteiger partial charge on any atom is 0.446 e. The van der Waals surface area contributed by atoms with Crippen LogP contribution in [0.3, 0.4) is 0 Å². The molecule has 4 heterocycles. The molecular formula is C71H85F3N10O9. The van der Waals surface area contributed by atoms with E-state index in [1.54, 1.807) is 34.6 Å². The lowest BCUT2D eigenvalue weighted by molar-refractivity contribution is -0.156. The van der Waals surface area contributed by atoms with E-state index in [9.17, 15) is 37.1 Å². The Morgan fingerprint density at radius 1 is 0.624 bits per heavy atom. The summed E-state index contributed by atoms with van der Waals surface area (Å²) in [4.78, 5) is 87.8. The van der Waals surface area contributed by atoms with Crippen LogP contribution in [0.25, 0.3) is 22.1 Å². The third kappa shape index (κ3) is 16.7. The van der Waals surface area contributed by atoms with Crippen molar-refractivity contribution >= 4 is 58.2 Å². The molecule has 0 saturated heterocycles. The van der Waals surface area contributed by atoms with E-state index in [0.29, 0.717) is 50.8 Å². The van der Waals surface area contributed by atoms with Gasteiger partial charge in [0.15, 0.2) is 0 Å². The fourth-order valence-electron chi connectivity index (χ4n) is 11.8. The number of alkyl halides is 3. The number of aryl methyl sites for hydroxylation is 8. The molecule has 4 atom stereocenters. The van der Waals surface area contributed by atoms with Crippen molar-refractivity contribution in [1.82, 2.24) is 45.3 Å². The summed E-state index contributed by atoms with van der Waals surface area (Å²) in [5.74, 6) is 2.27. The molecule has 0 saturated carbocycles. The molecule has 0 spiro atoms. The van der Waals surface area contributed by atoms with Crippen LogP contribution in [0.15, 0.2) is 97.1 Å². The smallest absolute Gasteiger partial charge is 0.442 e. The predicted octanol–water partition coefficient (Wildman–Crippen LogP) is 12.9. The number of carbonyl (C=O) groups excluding carboxylic acids is 6. The number of carbonyl (C=O) groups is 6. The highest BCUT2D eigenvalue weighted by atomic mass is 19.4. The highest BCUT2D eigenvalue weighted by Gasteiger charge is 2.35. The Bertz CT molecular complexity index is 4080. The molecule has 19 nitrogen and oxygen atoms in total. The highest BCUT2D eigenvalue weighted by Crippen LogP contribution is 2.41. The van der Waals surface area contributed by atoms with Crippen LogP contribution in [0, 0.1) is 53.4 Å². The monoisotopic (exact) mass is 1280 g/mol. The second-order valence-corrected chi connectivity index (χ2v) is 24.4. The Balaban J connectivity index is 0.000000238. The number of halogens is 3. The lowest BCUT2D eigenvalue weighted by atomic mass is 9.78. The van der Waals surface area contributed by atoms with E-state index in [-0.39, 0.29) is 17.7 Å². The number of fused-ring (bicyclic) bond motifs is 4. The minimum atomic E-state index is -4.64. The molecule has 2 aromatic heterocycles. The number of hydroxylamine groups is 1. The van der Waals surface area contributed by atoms with Crippen LogP contribution in [0.4, 0.5) is 18.0 Å². The Morgan fingerprint density at radius 3 is 1.40 bits per heavy atom. The Hall–Kier alpha value is -9.31. The van der Waals surface area contributed by atoms with Crippen LogP contribution in [-0.4, -0.2) is 101 Å². The van der Waals surface area contributed by atoms with E-state index in [4.69, 9.17) is 21.6 Å². The molecule has 2 aliphatic heterocycles. The van der Waals surface area contributed by atoms with Gasteiger partial charge in [0.25, 0.3) is 11.8 Å². The Morgan fingerprint density at radius 2 is 1.03 bits per heavy atom. The molecule has 2 aliphatic rings. The number of rotatable bonds is 12. The first kappa shape index (κ1) is 69.6. The van der Waals surface area contributed by atoms with Crippen LogP contribution < -0.4 is 11.4 Å². The minimum absolute atomic E-state index is 0.00109. The van der Waals surface area contributed by atoms with Gasteiger partial charge >= 0.3 is 24.2 Å². The third-order valence-corrected chi connectivity index (χ3v) is 17.1. The highest BCUT2D eigenvalue weighted by molar-refractivity contribution is 5.95. The quantitative estimate of drug-likeness (QED) is 0.0855. The van der Waals surface area contributed by atoms with E-state index in [1.165, 1.54) is 16.7 Å². The standard InChI is InChI=1S/C36H43N5O5.C31H35N5O3.C2HF3O.C2H6/c1-9-41-30-15-14-29(23(4)32(30)37-39-41)31(24(5)34(43)46-38-35(44)45-36(6,7)8)26-13-12-25-16-17-40(20-28(25)19-26)33(42)27-11-10-21(2)22(3)18-27;1-6-36-27-12-11-26(20(4)29(27)33-34-36)28(21(5)31(38)39-32)23-10-9-22-13-14-35(17-25(22)16-23)30(37)24-8-7-18(2)19(3)15-24;3-2(4,5)1-6;1-2/h10-15,18-19,24,31H,9,16-17,20H2,1-8H3,(H,38,44);7-12,15-16,21,28H,6,13-14,17,32H2,1-5H3;1H;1-2H3/t24-,31-;21-,28-;;/m00../s1/i;;;1D. The van der Waals surface area contributed by atoms with Gasteiger partial charge in [-0.05, 0) is 203 Å². The first-order valence-corrected chi connectivity index (χ1v) is 31.0. The maximum atomic E-state index is 13.5. The molecule has 0 radical (unpaired) electrons. The summed E-state index contributed by atoms with van der Waals surface area (Å²) in [5, 5.41) is 17.4. The van der Waals surface area contributed by atoms with Gasteiger partial charge in [0.2, 0.25) is 6.29 Å². The summed E-state index contributed by atoms with van der Waals surface area (Å²) in [5.41, 5.74) is 20.9. The molecule has 3 amide bonds. The zero-order valence-electron chi connectivity index (χ0n) is 56.5. The number of ether oxygens (including phenoxy) is 1. The predicted molar refractivity (Wildman–Crippen MR) is 349 cm³/mol. The molecule has 3 N–H and O–H groups in total. The number of aromatic nitrogens is 6. The molecular weight excluding hydrogens is 1190 g/mol. The minimum Gasteiger partial charge on any atom is -0.442 e. The van der Waals surface area contributed by atoms with Gasteiger partial charge in [-0.1, -0.05) is 98.8 Å². The van der Waals surface area contributed by atoms with Gasteiger partial charge in [0.1, 0.15) is 16.6 Å². The molecule has 0 aliphatic carbocycles. The number of nitrogens with two attached hydrogens (primary N) is 1. The lowest BCUT2D eigenvalue weighted by Crippen LogP contribution is -2.37. The average Bonchev–Trinajstić information content (AvgIpc) is 1.35. The number of hydrogen-bond acceptors (Lipinski definition) is 14. The molecule has 0 unspecified atom stereocenters.